The molecule has 4 aromatic rings. The number of amides is 1. The first kappa shape index (κ1) is 16.0. The molecular weight excluding hydrogens is 333 g/mol. The van der Waals surface area contributed by atoms with E-state index >= 15 is 0 Å². The lowest BCUT2D eigenvalue weighted by Crippen LogP contribution is -2.16. The molecule has 2 N–H and O–H groups in total. The van der Waals surface area contributed by atoms with Gasteiger partial charge in [0.25, 0.3) is 0 Å². The molecule has 2 aromatic heterocycles. The third-order valence-corrected chi connectivity index (χ3v) is 4.26. The number of aryl methyl sites for hydroxylation is 1. The summed E-state index contributed by atoms with van der Waals surface area (Å²) in [6.45, 7) is 1.88. The molecule has 0 saturated heterocycles. The van der Waals surface area contributed by atoms with E-state index in [-0.39, 0.29) is 18.1 Å². The Morgan fingerprint density at radius 2 is 2.12 bits per heavy atom. The number of benzene rings is 2. The van der Waals surface area contributed by atoms with E-state index in [9.17, 15) is 9.18 Å². The standard InChI is InChI=1S/C19H16FN5O/c1-12-14(15-8-13(20)6-7-16(15)23-12)9-19(26)24-17-4-2-3-5-18(17)25-11-21-10-22-25/h2-8,10-11,23H,9H2,1H3,(H,24,26). The largest absolute Gasteiger partial charge is 0.358 e. The predicted octanol–water partition coefficient (Wildman–Crippen LogP) is 3.38. The Labute approximate surface area is 148 Å². The monoisotopic (exact) mass is 349 g/mol. The fourth-order valence-corrected chi connectivity index (χ4v) is 3.05. The number of nitrogens with zero attached hydrogens (tertiary/aromatic N) is 3. The molecule has 1 amide bonds. The summed E-state index contributed by atoms with van der Waals surface area (Å²) in [4.78, 5) is 19.7. The van der Waals surface area contributed by atoms with E-state index in [2.05, 4.69) is 20.4 Å². The molecule has 0 aliphatic carbocycles. The number of rotatable bonds is 4. The first-order valence-corrected chi connectivity index (χ1v) is 8.12. The van der Waals surface area contributed by atoms with Crippen LogP contribution >= 0.6 is 0 Å². The van der Waals surface area contributed by atoms with Crippen LogP contribution in [0.2, 0.25) is 0 Å². The zero-order valence-electron chi connectivity index (χ0n) is 14.0. The van der Waals surface area contributed by atoms with Crippen molar-refractivity contribution < 1.29 is 9.18 Å². The maximum atomic E-state index is 13.6. The molecule has 0 aliphatic heterocycles. The van der Waals surface area contributed by atoms with Crippen LogP contribution in [-0.2, 0) is 11.2 Å². The Bertz CT molecular complexity index is 1080. The van der Waals surface area contributed by atoms with E-state index in [4.69, 9.17) is 0 Å². The van der Waals surface area contributed by atoms with E-state index in [0.29, 0.717) is 5.69 Å². The fraction of sp³-hybridized carbons (Fsp3) is 0.105. The zero-order valence-corrected chi connectivity index (χ0v) is 14.0. The van der Waals surface area contributed by atoms with E-state index in [1.807, 2.05) is 25.1 Å². The topological polar surface area (TPSA) is 75.6 Å². The zero-order chi connectivity index (χ0) is 18.1. The van der Waals surface area contributed by atoms with Gasteiger partial charge in [0, 0.05) is 16.6 Å². The molecule has 0 atom stereocenters. The minimum atomic E-state index is -0.324. The highest BCUT2D eigenvalue weighted by molar-refractivity contribution is 5.97. The molecule has 0 fully saturated rings. The number of para-hydroxylation sites is 2. The van der Waals surface area contributed by atoms with Crippen molar-refractivity contribution in [1.29, 1.82) is 0 Å². The quantitative estimate of drug-likeness (QED) is 0.593. The average Bonchev–Trinajstić information content (AvgIpc) is 3.25. The van der Waals surface area contributed by atoms with Crippen LogP contribution in [0.5, 0.6) is 0 Å². The number of halogens is 1. The summed E-state index contributed by atoms with van der Waals surface area (Å²) < 4.78 is 15.2. The summed E-state index contributed by atoms with van der Waals surface area (Å²) in [5, 5.41) is 7.74. The molecule has 0 saturated carbocycles. The Balaban J connectivity index is 1.61. The Morgan fingerprint density at radius 3 is 2.92 bits per heavy atom. The molecule has 4 rings (SSSR count). The van der Waals surface area contributed by atoms with Gasteiger partial charge in [-0.1, -0.05) is 12.1 Å². The number of carbonyl (C=O) groups excluding carboxylic acids is 1. The number of anilines is 1. The number of hydrogen-bond donors (Lipinski definition) is 2. The molecule has 26 heavy (non-hydrogen) atoms. The first-order chi connectivity index (χ1) is 12.6. The molecule has 6 nitrogen and oxygen atoms in total. The number of aromatic amines is 1. The second-order valence-electron chi connectivity index (χ2n) is 6.00. The molecule has 2 aromatic carbocycles. The van der Waals surface area contributed by atoms with Gasteiger partial charge in [-0.2, -0.15) is 5.10 Å². The second-order valence-corrected chi connectivity index (χ2v) is 6.00. The minimum Gasteiger partial charge on any atom is -0.358 e. The number of hydrogen-bond acceptors (Lipinski definition) is 3. The molecule has 130 valence electrons. The third-order valence-electron chi connectivity index (χ3n) is 4.26. The number of aromatic nitrogens is 4. The lowest BCUT2D eigenvalue weighted by atomic mass is 10.1. The maximum absolute atomic E-state index is 13.6. The highest BCUT2D eigenvalue weighted by Gasteiger charge is 2.15. The van der Waals surface area contributed by atoms with Gasteiger partial charge in [0.2, 0.25) is 5.91 Å². The molecule has 0 radical (unpaired) electrons. The molecule has 2 heterocycles. The number of nitrogens with one attached hydrogen (secondary N) is 2. The van der Waals surface area contributed by atoms with Crippen molar-refractivity contribution in [3.63, 3.8) is 0 Å². The van der Waals surface area contributed by atoms with Crippen LogP contribution in [-0.4, -0.2) is 25.7 Å². The van der Waals surface area contributed by atoms with Crippen molar-refractivity contribution >= 4 is 22.5 Å². The number of H-pyrrole nitrogens is 1. The summed E-state index contributed by atoms with van der Waals surface area (Å²) in [5.41, 5.74) is 3.81. The van der Waals surface area contributed by atoms with Gasteiger partial charge in [-0.05, 0) is 42.8 Å². The average molecular weight is 349 g/mol. The van der Waals surface area contributed by atoms with E-state index in [1.165, 1.54) is 18.5 Å². The van der Waals surface area contributed by atoms with Crippen LogP contribution in [0, 0.1) is 12.7 Å². The van der Waals surface area contributed by atoms with E-state index in [0.717, 1.165) is 27.8 Å². The third kappa shape index (κ3) is 2.95. The van der Waals surface area contributed by atoms with Gasteiger partial charge in [0.1, 0.15) is 18.5 Å². The lowest BCUT2D eigenvalue weighted by Gasteiger charge is -2.10. The summed E-state index contributed by atoms with van der Waals surface area (Å²) in [7, 11) is 0. The molecule has 0 aliphatic rings. The van der Waals surface area contributed by atoms with Crippen molar-refractivity contribution in [2.75, 3.05) is 5.32 Å². The number of carbonyl (C=O) groups is 1. The summed E-state index contributed by atoms with van der Waals surface area (Å²) in [6.07, 6.45) is 3.14. The van der Waals surface area contributed by atoms with Gasteiger partial charge in [-0.25, -0.2) is 14.1 Å². The Kier molecular flexibility index (Phi) is 3.96. The first-order valence-electron chi connectivity index (χ1n) is 8.12. The van der Waals surface area contributed by atoms with E-state index < -0.39 is 0 Å². The maximum Gasteiger partial charge on any atom is 0.228 e. The van der Waals surface area contributed by atoms with Crippen LogP contribution in [0.25, 0.3) is 16.6 Å². The van der Waals surface area contributed by atoms with Crippen molar-refractivity contribution in [1.82, 2.24) is 19.7 Å². The molecule has 0 unspecified atom stereocenters. The lowest BCUT2D eigenvalue weighted by molar-refractivity contribution is -0.115. The van der Waals surface area contributed by atoms with Crippen LogP contribution < -0.4 is 5.32 Å². The highest BCUT2D eigenvalue weighted by Crippen LogP contribution is 2.25. The summed E-state index contributed by atoms with van der Waals surface area (Å²) >= 11 is 0. The summed E-state index contributed by atoms with van der Waals surface area (Å²) in [6, 6.07) is 11.9. The SMILES string of the molecule is Cc1[nH]c2ccc(F)cc2c1CC(=O)Nc1ccccc1-n1cncn1. The van der Waals surface area contributed by atoms with Gasteiger partial charge >= 0.3 is 0 Å². The number of fused-ring (bicyclic) bond motifs is 1. The van der Waals surface area contributed by atoms with Gasteiger partial charge < -0.3 is 10.3 Å². The van der Waals surface area contributed by atoms with Gasteiger partial charge in [-0.15, -0.1) is 0 Å². The minimum absolute atomic E-state index is 0.140. The fourth-order valence-electron chi connectivity index (χ4n) is 3.05. The normalized spacial score (nSPS) is 11.0. The Hall–Kier alpha value is -3.48. The van der Waals surface area contributed by atoms with Gasteiger partial charge in [0.05, 0.1) is 17.8 Å². The molecule has 0 bridgehead atoms. The van der Waals surface area contributed by atoms with Crippen molar-refractivity contribution in [3.05, 3.63) is 72.2 Å². The molecular formula is C19H16FN5O. The van der Waals surface area contributed by atoms with Gasteiger partial charge in [0.15, 0.2) is 0 Å². The second kappa shape index (κ2) is 6.44. The van der Waals surface area contributed by atoms with E-state index in [1.54, 1.807) is 23.1 Å². The van der Waals surface area contributed by atoms with Gasteiger partial charge in [-0.3, -0.25) is 4.79 Å². The predicted molar refractivity (Wildman–Crippen MR) is 96.7 cm³/mol. The van der Waals surface area contributed by atoms with Crippen LogP contribution in [0.1, 0.15) is 11.3 Å². The summed E-state index contributed by atoms with van der Waals surface area (Å²) in [5.74, 6) is -0.513. The van der Waals surface area contributed by atoms with Crippen LogP contribution in [0.4, 0.5) is 10.1 Å². The smallest absolute Gasteiger partial charge is 0.228 e. The Morgan fingerprint density at radius 1 is 1.27 bits per heavy atom. The van der Waals surface area contributed by atoms with Crippen LogP contribution in [0.15, 0.2) is 55.1 Å². The molecule has 0 spiro atoms. The van der Waals surface area contributed by atoms with Crippen molar-refractivity contribution in [2.45, 2.75) is 13.3 Å². The van der Waals surface area contributed by atoms with Crippen molar-refractivity contribution in [2.24, 2.45) is 0 Å². The van der Waals surface area contributed by atoms with Crippen molar-refractivity contribution in [3.8, 4) is 5.69 Å². The van der Waals surface area contributed by atoms with Crippen LogP contribution in [0.3, 0.4) is 0 Å². The molecule has 7 heteroatoms. The highest BCUT2D eigenvalue weighted by atomic mass is 19.1.